The molecule has 0 spiro atoms. The number of ether oxygens (including phenoxy) is 1. The second-order valence-corrected chi connectivity index (χ2v) is 8.15. The number of carbonyl (C=O) groups is 2. The zero-order chi connectivity index (χ0) is 22.0. The Morgan fingerprint density at radius 3 is 2.68 bits per heavy atom. The van der Waals surface area contributed by atoms with Gasteiger partial charge in [-0.3, -0.25) is 19.6 Å². The summed E-state index contributed by atoms with van der Waals surface area (Å²) in [6, 6.07) is 6.97. The van der Waals surface area contributed by atoms with Crippen LogP contribution in [0, 0.1) is 17.2 Å². The number of benzene rings is 1. The van der Waals surface area contributed by atoms with Crippen LogP contribution in [0.1, 0.15) is 31.0 Å². The molecule has 31 heavy (non-hydrogen) atoms. The lowest BCUT2D eigenvalue weighted by atomic mass is 10.1. The van der Waals surface area contributed by atoms with Crippen LogP contribution in [-0.4, -0.2) is 58.9 Å². The Balaban J connectivity index is 1.46. The van der Waals surface area contributed by atoms with Gasteiger partial charge >= 0.3 is 0 Å². The number of rotatable bonds is 8. The maximum atomic E-state index is 12.6. The first-order valence-electron chi connectivity index (χ1n) is 10.4. The summed E-state index contributed by atoms with van der Waals surface area (Å²) in [5.41, 5.74) is 3.09. The monoisotopic (exact) mass is 419 g/mol. The lowest BCUT2D eigenvalue weighted by molar-refractivity contribution is -0.143. The highest BCUT2D eigenvalue weighted by atomic mass is 16.5. The summed E-state index contributed by atoms with van der Waals surface area (Å²) in [7, 11) is 1.64. The number of methoxy groups -OCH3 is 1. The molecule has 1 aromatic carbocycles. The summed E-state index contributed by atoms with van der Waals surface area (Å²) >= 11 is 0. The smallest absolute Gasteiger partial charge is 0.244 e. The van der Waals surface area contributed by atoms with E-state index in [-0.39, 0.29) is 23.7 Å². The summed E-state index contributed by atoms with van der Waals surface area (Å²) in [4.78, 5) is 35.1. The number of nitriles is 1. The molecule has 1 aliphatic heterocycles. The van der Waals surface area contributed by atoms with Gasteiger partial charge in [-0.05, 0) is 31.9 Å². The minimum Gasteiger partial charge on any atom is -0.378 e. The third-order valence-corrected chi connectivity index (χ3v) is 5.76. The third kappa shape index (κ3) is 4.72. The molecule has 0 radical (unpaired) electrons. The molecule has 2 heterocycles. The zero-order valence-electron chi connectivity index (χ0n) is 17.7. The summed E-state index contributed by atoms with van der Waals surface area (Å²) in [5, 5.41) is 12.6. The van der Waals surface area contributed by atoms with Gasteiger partial charge in [0.25, 0.3) is 0 Å². The molecular formula is C23H25N5O3. The lowest BCUT2D eigenvalue weighted by Crippen LogP contribution is -2.57. The van der Waals surface area contributed by atoms with Crippen molar-refractivity contribution in [2.45, 2.75) is 38.3 Å². The number of Topliss-reactive ketones (excluding diaryl/α,β-unsaturated/α-hetero) is 1. The van der Waals surface area contributed by atoms with E-state index in [9.17, 15) is 14.9 Å². The van der Waals surface area contributed by atoms with Gasteiger partial charge in [-0.2, -0.15) is 5.26 Å². The summed E-state index contributed by atoms with van der Waals surface area (Å²) in [6.07, 6.45) is 5.64. The van der Waals surface area contributed by atoms with E-state index in [0.717, 1.165) is 18.4 Å². The predicted octanol–water partition coefficient (Wildman–Crippen LogP) is 2.19. The summed E-state index contributed by atoms with van der Waals surface area (Å²) in [5.74, 6) is 0.395. The quantitative estimate of drug-likeness (QED) is 0.699. The van der Waals surface area contributed by atoms with Crippen LogP contribution in [0.5, 0.6) is 0 Å². The van der Waals surface area contributed by atoms with Crippen molar-refractivity contribution in [3.05, 3.63) is 41.9 Å². The van der Waals surface area contributed by atoms with Crippen LogP contribution in [0.4, 0.5) is 5.69 Å². The van der Waals surface area contributed by atoms with Crippen molar-refractivity contribution in [1.82, 2.24) is 14.9 Å². The fourth-order valence-corrected chi connectivity index (χ4v) is 3.58. The van der Waals surface area contributed by atoms with Gasteiger partial charge in [0.1, 0.15) is 17.9 Å². The second-order valence-electron chi connectivity index (χ2n) is 8.15. The van der Waals surface area contributed by atoms with E-state index in [4.69, 9.17) is 4.74 Å². The van der Waals surface area contributed by atoms with E-state index in [1.165, 1.54) is 0 Å². The molecule has 8 heteroatoms. The molecule has 4 rings (SSSR count). The zero-order valence-corrected chi connectivity index (χ0v) is 17.7. The van der Waals surface area contributed by atoms with Gasteiger partial charge in [0.2, 0.25) is 5.91 Å². The van der Waals surface area contributed by atoms with Crippen LogP contribution < -0.4 is 5.32 Å². The largest absolute Gasteiger partial charge is 0.378 e. The minimum atomic E-state index is -0.484. The van der Waals surface area contributed by atoms with Crippen LogP contribution in [0.15, 0.2) is 30.6 Å². The Kier molecular flexibility index (Phi) is 5.96. The Bertz CT molecular complexity index is 1020. The topological polar surface area (TPSA) is 108 Å². The lowest BCUT2D eigenvalue weighted by Gasteiger charge is -2.39. The molecule has 1 atom stereocenters. The van der Waals surface area contributed by atoms with Gasteiger partial charge in [0.15, 0.2) is 0 Å². The van der Waals surface area contributed by atoms with E-state index in [0.29, 0.717) is 42.1 Å². The van der Waals surface area contributed by atoms with Crippen molar-refractivity contribution in [3.8, 4) is 17.3 Å². The van der Waals surface area contributed by atoms with Gasteiger partial charge in [0.05, 0.1) is 41.4 Å². The highest BCUT2D eigenvalue weighted by Gasteiger charge is 2.33. The van der Waals surface area contributed by atoms with E-state index in [1.54, 1.807) is 49.5 Å². The second kappa shape index (κ2) is 8.82. The number of amides is 1. The van der Waals surface area contributed by atoms with Crippen molar-refractivity contribution in [1.29, 1.82) is 5.26 Å². The van der Waals surface area contributed by atoms with Crippen LogP contribution in [-0.2, 0) is 20.7 Å². The molecule has 1 saturated carbocycles. The number of nitrogens with zero attached hydrogens (tertiary/aromatic N) is 4. The Morgan fingerprint density at radius 2 is 2.06 bits per heavy atom. The number of nitrogens with one attached hydrogen (secondary N) is 1. The molecule has 1 aliphatic carbocycles. The van der Waals surface area contributed by atoms with Gasteiger partial charge in [0, 0.05) is 37.9 Å². The van der Waals surface area contributed by atoms with Crippen LogP contribution in [0.25, 0.3) is 11.3 Å². The highest BCUT2D eigenvalue weighted by Crippen LogP contribution is 2.31. The van der Waals surface area contributed by atoms with Gasteiger partial charge in [-0.15, -0.1) is 0 Å². The first-order chi connectivity index (χ1) is 15.0. The Labute approximate surface area is 181 Å². The van der Waals surface area contributed by atoms with E-state index in [1.807, 2.05) is 0 Å². The average molecular weight is 419 g/mol. The van der Waals surface area contributed by atoms with Crippen molar-refractivity contribution < 1.29 is 14.3 Å². The number of likely N-dealkylation sites (tertiary alicyclic amines) is 1. The Morgan fingerprint density at radius 1 is 1.29 bits per heavy atom. The number of hydrogen-bond donors (Lipinski definition) is 1. The van der Waals surface area contributed by atoms with Gasteiger partial charge < -0.3 is 15.0 Å². The summed E-state index contributed by atoms with van der Waals surface area (Å²) < 4.78 is 5.22. The molecule has 2 aromatic rings. The standard InChI is InChI=1S/C23H25N5O3/c1-14(23(30)28-12-19(13-28)31-2)27-20-7-16(5-6-17(20)9-24)21-11-25-18(10-26-21)8-22(29)15-3-4-15/h5-7,10-11,14-15,19,27H,3-4,8,12-13H2,1-2H3/t14-/m0/s1. The van der Waals surface area contributed by atoms with E-state index in [2.05, 4.69) is 21.4 Å². The molecule has 2 aliphatic rings. The maximum absolute atomic E-state index is 12.6. The molecule has 160 valence electrons. The van der Waals surface area contributed by atoms with Gasteiger partial charge in [-0.25, -0.2) is 0 Å². The number of hydrogen-bond acceptors (Lipinski definition) is 7. The minimum absolute atomic E-state index is 0.0351. The number of aromatic nitrogens is 2. The number of anilines is 1. The Hall–Kier alpha value is -3.31. The average Bonchev–Trinajstić information content (AvgIpc) is 3.59. The van der Waals surface area contributed by atoms with E-state index >= 15 is 0 Å². The number of carbonyl (C=O) groups excluding carboxylic acids is 2. The molecule has 1 N–H and O–H groups in total. The molecule has 8 nitrogen and oxygen atoms in total. The molecule has 0 unspecified atom stereocenters. The molecular weight excluding hydrogens is 394 g/mol. The predicted molar refractivity (Wildman–Crippen MR) is 114 cm³/mol. The van der Waals surface area contributed by atoms with Crippen LogP contribution in [0.2, 0.25) is 0 Å². The molecule has 1 aromatic heterocycles. The first kappa shape index (κ1) is 20.9. The van der Waals surface area contributed by atoms with Crippen molar-refractivity contribution >= 4 is 17.4 Å². The van der Waals surface area contributed by atoms with E-state index < -0.39 is 6.04 Å². The third-order valence-electron chi connectivity index (χ3n) is 5.76. The maximum Gasteiger partial charge on any atom is 0.244 e. The fraction of sp³-hybridized carbons (Fsp3) is 0.435. The van der Waals surface area contributed by atoms with Crippen molar-refractivity contribution in [2.24, 2.45) is 5.92 Å². The number of ketones is 1. The first-order valence-corrected chi connectivity index (χ1v) is 10.4. The molecule has 1 amide bonds. The molecule has 2 fully saturated rings. The van der Waals surface area contributed by atoms with Crippen LogP contribution in [0.3, 0.4) is 0 Å². The molecule has 1 saturated heterocycles. The highest BCUT2D eigenvalue weighted by molar-refractivity contribution is 5.86. The molecule has 0 bridgehead atoms. The van der Waals surface area contributed by atoms with Crippen LogP contribution >= 0.6 is 0 Å². The van der Waals surface area contributed by atoms with Crippen molar-refractivity contribution in [2.75, 3.05) is 25.5 Å². The summed E-state index contributed by atoms with van der Waals surface area (Å²) in [6.45, 7) is 2.94. The normalized spacial score (nSPS) is 16.9. The van der Waals surface area contributed by atoms with Gasteiger partial charge in [-0.1, -0.05) is 6.07 Å². The SMILES string of the molecule is COC1CN(C(=O)[C@H](C)Nc2cc(-c3cnc(CC(=O)C4CC4)cn3)ccc2C#N)C1. The fourth-order valence-electron chi connectivity index (χ4n) is 3.58. The van der Waals surface area contributed by atoms with Crippen molar-refractivity contribution in [3.63, 3.8) is 0 Å².